The van der Waals surface area contributed by atoms with Crippen molar-refractivity contribution in [2.45, 2.75) is 18.8 Å². The molecule has 0 radical (unpaired) electrons. The van der Waals surface area contributed by atoms with E-state index in [0.717, 1.165) is 42.3 Å². The Morgan fingerprint density at radius 1 is 1.37 bits per heavy atom. The first-order valence-electron chi connectivity index (χ1n) is 6.33. The van der Waals surface area contributed by atoms with Gasteiger partial charge in [0, 0.05) is 22.5 Å². The van der Waals surface area contributed by atoms with Crippen LogP contribution in [0.4, 0.5) is 0 Å². The minimum absolute atomic E-state index is 0.368. The zero-order valence-electron chi connectivity index (χ0n) is 11.2. The fourth-order valence-corrected chi connectivity index (χ4v) is 3.37. The van der Waals surface area contributed by atoms with E-state index in [1.807, 2.05) is 0 Å². The molecule has 5 heteroatoms. The lowest BCUT2D eigenvalue weighted by molar-refractivity contribution is 0.112. The van der Waals surface area contributed by atoms with Crippen LogP contribution in [-0.4, -0.2) is 33.6 Å². The Bertz CT molecular complexity index is 470. The summed E-state index contributed by atoms with van der Waals surface area (Å²) in [5.41, 5.74) is 1.58. The molecule has 1 atom stereocenters. The van der Waals surface area contributed by atoms with Crippen molar-refractivity contribution in [1.82, 2.24) is 5.32 Å². The van der Waals surface area contributed by atoms with Crippen LogP contribution in [-0.2, 0) is 0 Å². The molecule has 1 N–H and O–H groups in total. The Balaban J connectivity index is 2.54. The molecule has 104 valence electrons. The van der Waals surface area contributed by atoms with Gasteiger partial charge in [-0.05, 0) is 25.5 Å². The lowest BCUT2D eigenvalue weighted by atomic mass is 9.90. The van der Waals surface area contributed by atoms with Crippen molar-refractivity contribution in [3.63, 3.8) is 0 Å². The number of hydrogen-bond donors (Lipinski definition) is 1. The van der Waals surface area contributed by atoms with Crippen molar-refractivity contribution < 1.29 is 14.3 Å². The second-order valence-electron chi connectivity index (χ2n) is 4.59. The predicted octanol–water partition coefficient (Wildman–Crippen LogP) is 2.75. The largest absolute Gasteiger partial charge is 0.492 e. The van der Waals surface area contributed by atoms with Crippen molar-refractivity contribution in [3.8, 4) is 11.5 Å². The summed E-state index contributed by atoms with van der Waals surface area (Å²) in [7, 11) is 3.17. The van der Waals surface area contributed by atoms with Crippen LogP contribution in [0, 0.1) is 0 Å². The third-order valence-corrected chi connectivity index (χ3v) is 4.15. The number of rotatable bonds is 4. The minimum Gasteiger partial charge on any atom is -0.492 e. The second kappa shape index (κ2) is 6.39. The highest BCUT2D eigenvalue weighted by atomic mass is 79.9. The van der Waals surface area contributed by atoms with Crippen LogP contribution in [0.1, 0.15) is 34.7 Å². The zero-order chi connectivity index (χ0) is 13.8. The fraction of sp³-hybridized carbons (Fsp3) is 0.500. The molecule has 1 aromatic rings. The lowest BCUT2D eigenvalue weighted by Gasteiger charge is -2.27. The van der Waals surface area contributed by atoms with Crippen LogP contribution in [0.3, 0.4) is 0 Å². The number of carbonyl (C=O) groups excluding carboxylic acids is 1. The van der Waals surface area contributed by atoms with E-state index in [2.05, 4.69) is 21.2 Å². The Kier molecular flexibility index (Phi) is 4.82. The molecule has 4 nitrogen and oxygen atoms in total. The first kappa shape index (κ1) is 14.3. The normalized spacial score (nSPS) is 19.0. The SMILES string of the molecule is COc1c(C=O)cc(Br)c(C2CCCNC2)c1OC. The van der Waals surface area contributed by atoms with Crippen LogP contribution in [0.2, 0.25) is 0 Å². The molecule has 0 saturated carbocycles. The molecular weight excluding hydrogens is 310 g/mol. The van der Waals surface area contributed by atoms with Gasteiger partial charge in [-0.3, -0.25) is 4.79 Å². The van der Waals surface area contributed by atoms with Gasteiger partial charge in [0.1, 0.15) is 0 Å². The van der Waals surface area contributed by atoms with Gasteiger partial charge in [-0.25, -0.2) is 0 Å². The van der Waals surface area contributed by atoms with E-state index in [-0.39, 0.29) is 0 Å². The number of benzene rings is 1. The van der Waals surface area contributed by atoms with Gasteiger partial charge in [-0.2, -0.15) is 0 Å². The summed E-state index contributed by atoms with van der Waals surface area (Å²) < 4.78 is 11.8. The summed E-state index contributed by atoms with van der Waals surface area (Å²) in [5.74, 6) is 1.54. The number of halogens is 1. The Morgan fingerprint density at radius 2 is 2.11 bits per heavy atom. The van der Waals surface area contributed by atoms with Crippen molar-refractivity contribution in [3.05, 3.63) is 21.7 Å². The van der Waals surface area contributed by atoms with E-state index in [1.165, 1.54) is 0 Å². The lowest BCUT2D eigenvalue weighted by Crippen LogP contribution is -2.29. The molecular formula is C14H18BrNO3. The number of ether oxygens (including phenoxy) is 2. The monoisotopic (exact) mass is 327 g/mol. The van der Waals surface area contributed by atoms with Crippen LogP contribution >= 0.6 is 15.9 Å². The number of methoxy groups -OCH3 is 2. The standard InChI is InChI=1S/C14H18BrNO3/c1-18-13-10(8-17)6-11(15)12(14(13)19-2)9-4-3-5-16-7-9/h6,8-9,16H,3-5,7H2,1-2H3. The van der Waals surface area contributed by atoms with Gasteiger partial charge >= 0.3 is 0 Å². The number of hydrogen-bond acceptors (Lipinski definition) is 4. The van der Waals surface area contributed by atoms with Gasteiger partial charge in [0.25, 0.3) is 0 Å². The van der Waals surface area contributed by atoms with E-state index >= 15 is 0 Å². The molecule has 1 aliphatic heterocycles. The average Bonchev–Trinajstić information content (AvgIpc) is 2.46. The molecule has 1 saturated heterocycles. The first-order chi connectivity index (χ1) is 9.22. The number of nitrogens with one attached hydrogen (secondary N) is 1. The molecule has 1 unspecified atom stereocenters. The maximum Gasteiger partial charge on any atom is 0.171 e. The summed E-state index contributed by atoms with van der Waals surface area (Å²) in [6, 6.07) is 1.80. The third kappa shape index (κ3) is 2.77. The molecule has 0 aromatic heterocycles. The molecule has 1 aliphatic rings. The maximum absolute atomic E-state index is 11.1. The quantitative estimate of drug-likeness (QED) is 0.864. The van der Waals surface area contributed by atoms with Crippen LogP contribution in [0.15, 0.2) is 10.5 Å². The van der Waals surface area contributed by atoms with Gasteiger partial charge in [0.05, 0.1) is 19.8 Å². The van der Waals surface area contributed by atoms with Gasteiger partial charge in [0.15, 0.2) is 17.8 Å². The van der Waals surface area contributed by atoms with Crippen LogP contribution in [0.25, 0.3) is 0 Å². The molecule has 0 bridgehead atoms. The van der Waals surface area contributed by atoms with Crippen LogP contribution in [0.5, 0.6) is 11.5 Å². The van der Waals surface area contributed by atoms with E-state index in [4.69, 9.17) is 9.47 Å². The van der Waals surface area contributed by atoms with Gasteiger partial charge in [0.2, 0.25) is 0 Å². The van der Waals surface area contributed by atoms with Gasteiger partial charge < -0.3 is 14.8 Å². The van der Waals surface area contributed by atoms with E-state index in [0.29, 0.717) is 23.0 Å². The van der Waals surface area contributed by atoms with Crippen molar-refractivity contribution >= 4 is 22.2 Å². The molecule has 0 amide bonds. The summed E-state index contributed by atoms with van der Waals surface area (Å²) in [4.78, 5) is 11.1. The van der Waals surface area contributed by atoms with Gasteiger partial charge in [-0.1, -0.05) is 15.9 Å². The Morgan fingerprint density at radius 3 is 2.63 bits per heavy atom. The highest BCUT2D eigenvalue weighted by Gasteiger charge is 2.26. The molecule has 19 heavy (non-hydrogen) atoms. The molecule has 1 fully saturated rings. The Labute approximate surface area is 121 Å². The molecule has 1 heterocycles. The predicted molar refractivity (Wildman–Crippen MR) is 77.5 cm³/mol. The topological polar surface area (TPSA) is 47.6 Å². The smallest absolute Gasteiger partial charge is 0.171 e. The van der Waals surface area contributed by atoms with Crippen molar-refractivity contribution in [1.29, 1.82) is 0 Å². The van der Waals surface area contributed by atoms with Crippen molar-refractivity contribution in [2.24, 2.45) is 0 Å². The number of piperidine rings is 1. The highest BCUT2D eigenvalue weighted by Crippen LogP contribution is 2.44. The molecule has 2 rings (SSSR count). The van der Waals surface area contributed by atoms with E-state index in [1.54, 1.807) is 20.3 Å². The molecule has 1 aromatic carbocycles. The summed E-state index contributed by atoms with van der Waals surface area (Å²) in [5, 5.41) is 3.39. The van der Waals surface area contributed by atoms with Crippen molar-refractivity contribution in [2.75, 3.05) is 27.3 Å². The maximum atomic E-state index is 11.1. The first-order valence-corrected chi connectivity index (χ1v) is 7.12. The number of aldehydes is 1. The third-order valence-electron chi connectivity index (χ3n) is 3.49. The van der Waals surface area contributed by atoms with Gasteiger partial charge in [-0.15, -0.1) is 0 Å². The minimum atomic E-state index is 0.368. The summed E-state index contributed by atoms with van der Waals surface area (Å²) >= 11 is 3.56. The average molecular weight is 328 g/mol. The highest BCUT2D eigenvalue weighted by molar-refractivity contribution is 9.10. The summed E-state index contributed by atoms with van der Waals surface area (Å²) in [6.45, 7) is 1.97. The van der Waals surface area contributed by atoms with Crippen LogP contribution < -0.4 is 14.8 Å². The molecule has 0 aliphatic carbocycles. The summed E-state index contributed by atoms with van der Waals surface area (Å²) in [6.07, 6.45) is 3.03. The second-order valence-corrected chi connectivity index (χ2v) is 5.44. The number of carbonyl (C=O) groups is 1. The van der Waals surface area contributed by atoms with E-state index < -0.39 is 0 Å². The Hall–Kier alpha value is -1.07. The fourth-order valence-electron chi connectivity index (χ4n) is 2.62. The zero-order valence-corrected chi connectivity index (χ0v) is 12.7. The molecule has 0 spiro atoms. The van der Waals surface area contributed by atoms with E-state index in [9.17, 15) is 4.79 Å².